The van der Waals surface area contributed by atoms with Crippen molar-refractivity contribution in [2.24, 2.45) is 20.7 Å². The summed E-state index contributed by atoms with van der Waals surface area (Å²) in [7, 11) is 3.69. The van der Waals surface area contributed by atoms with Crippen molar-refractivity contribution in [3.05, 3.63) is 68.8 Å². The number of nitro benzene ring substituents is 2. The van der Waals surface area contributed by atoms with E-state index in [1.54, 1.807) is 34.3 Å². The SMILES string of the molecule is CN(N=Nc1ccc([N+](=O)[O-])cc1)[C@@H]1CCCC[C@H]1N(C)N=Nc1ccc([N+](=O)[O-])cc1. The number of hydrogen-bond acceptors (Lipinski definition) is 8. The molecule has 0 aromatic heterocycles. The molecule has 1 aliphatic carbocycles. The summed E-state index contributed by atoms with van der Waals surface area (Å²) in [5, 5.41) is 42.1. The van der Waals surface area contributed by atoms with Crippen LogP contribution in [0.25, 0.3) is 0 Å². The van der Waals surface area contributed by atoms with Gasteiger partial charge in [-0.25, -0.2) is 0 Å². The van der Waals surface area contributed by atoms with Gasteiger partial charge < -0.3 is 0 Å². The lowest BCUT2D eigenvalue weighted by molar-refractivity contribution is -0.385. The Morgan fingerprint density at radius 2 is 1.06 bits per heavy atom. The van der Waals surface area contributed by atoms with E-state index in [0.29, 0.717) is 11.4 Å². The number of nitro groups is 2. The molecule has 2 atom stereocenters. The third kappa shape index (κ3) is 5.80. The van der Waals surface area contributed by atoms with Crippen molar-refractivity contribution in [3.8, 4) is 0 Å². The van der Waals surface area contributed by atoms with E-state index in [1.165, 1.54) is 24.3 Å². The zero-order valence-electron chi connectivity index (χ0n) is 17.8. The van der Waals surface area contributed by atoms with Crippen LogP contribution >= 0.6 is 0 Å². The van der Waals surface area contributed by atoms with Crippen molar-refractivity contribution >= 4 is 22.7 Å². The molecular weight excluding hydrogens is 416 g/mol. The number of rotatable bonds is 8. The van der Waals surface area contributed by atoms with E-state index < -0.39 is 9.85 Å². The summed E-state index contributed by atoms with van der Waals surface area (Å²) in [6, 6.07) is 11.9. The molecule has 1 saturated carbocycles. The van der Waals surface area contributed by atoms with Gasteiger partial charge in [-0.2, -0.15) is 0 Å². The molecular formula is C20H24N8O4. The summed E-state index contributed by atoms with van der Waals surface area (Å²) in [4.78, 5) is 20.6. The normalized spacial score (nSPS) is 18.7. The number of benzene rings is 2. The molecule has 2 aromatic rings. The maximum Gasteiger partial charge on any atom is 0.269 e. The number of non-ortho nitro benzene ring substituents is 2. The minimum absolute atomic E-state index is 0.00431. The minimum atomic E-state index is -0.458. The van der Waals surface area contributed by atoms with Crippen LogP contribution in [0, 0.1) is 20.2 Å². The fourth-order valence-electron chi connectivity index (χ4n) is 3.62. The lowest BCUT2D eigenvalue weighted by Crippen LogP contribution is -2.47. The predicted molar refractivity (Wildman–Crippen MR) is 117 cm³/mol. The molecule has 0 unspecified atom stereocenters. The average Bonchev–Trinajstić information content (AvgIpc) is 2.81. The highest BCUT2D eigenvalue weighted by atomic mass is 16.6. The molecule has 168 valence electrons. The molecule has 0 amide bonds. The van der Waals surface area contributed by atoms with Crippen molar-refractivity contribution < 1.29 is 9.85 Å². The summed E-state index contributed by atoms with van der Waals surface area (Å²) in [6.45, 7) is 0. The Bertz CT molecular complexity index is 912. The van der Waals surface area contributed by atoms with E-state index in [1.807, 2.05) is 14.1 Å². The molecule has 1 fully saturated rings. The summed E-state index contributed by atoms with van der Waals surface area (Å²) >= 11 is 0. The first-order valence-electron chi connectivity index (χ1n) is 10.1. The first-order valence-corrected chi connectivity index (χ1v) is 10.1. The summed E-state index contributed by atoms with van der Waals surface area (Å²) in [5.41, 5.74) is 1.07. The molecule has 0 saturated heterocycles. The van der Waals surface area contributed by atoms with Gasteiger partial charge in [0.2, 0.25) is 0 Å². The lowest BCUT2D eigenvalue weighted by atomic mass is 9.90. The third-order valence-corrected chi connectivity index (χ3v) is 5.38. The van der Waals surface area contributed by atoms with Crippen LogP contribution in [0.5, 0.6) is 0 Å². The van der Waals surface area contributed by atoms with Crippen LogP contribution in [0.15, 0.2) is 69.2 Å². The van der Waals surface area contributed by atoms with Crippen LogP contribution in [0.3, 0.4) is 0 Å². The second kappa shape index (κ2) is 10.4. The molecule has 1 aliphatic rings. The zero-order chi connectivity index (χ0) is 23.1. The fourth-order valence-corrected chi connectivity index (χ4v) is 3.62. The standard InChI is InChI=1S/C20H24N8O4/c1-25(23-21-15-7-11-17(12-8-15)27(29)30)19-5-3-4-6-20(19)26(2)24-22-16-9-13-18(14-10-16)28(31)32/h7-14,19-20H,3-6H2,1-2H3/t19-,20-/m1/s1. The highest BCUT2D eigenvalue weighted by Gasteiger charge is 2.31. The molecule has 0 bridgehead atoms. The van der Waals surface area contributed by atoms with Crippen molar-refractivity contribution in [1.29, 1.82) is 0 Å². The Morgan fingerprint density at radius 3 is 1.38 bits per heavy atom. The highest BCUT2D eigenvalue weighted by molar-refractivity contribution is 5.44. The van der Waals surface area contributed by atoms with Gasteiger partial charge >= 0.3 is 0 Å². The predicted octanol–water partition coefficient (Wildman–Crippen LogP) is 5.38. The van der Waals surface area contributed by atoms with Gasteiger partial charge in [-0.05, 0) is 37.1 Å². The lowest BCUT2D eigenvalue weighted by Gasteiger charge is -2.38. The molecule has 12 heteroatoms. The summed E-state index contributed by atoms with van der Waals surface area (Å²) < 4.78 is 0. The van der Waals surface area contributed by atoms with E-state index in [-0.39, 0.29) is 23.5 Å². The molecule has 32 heavy (non-hydrogen) atoms. The Hall–Kier alpha value is -3.96. The molecule has 3 rings (SSSR count). The Kier molecular flexibility index (Phi) is 7.37. The van der Waals surface area contributed by atoms with Gasteiger partial charge in [0.05, 0.1) is 33.3 Å². The molecule has 12 nitrogen and oxygen atoms in total. The monoisotopic (exact) mass is 440 g/mol. The second-order valence-electron chi connectivity index (χ2n) is 7.49. The van der Waals surface area contributed by atoms with E-state index in [2.05, 4.69) is 20.7 Å². The van der Waals surface area contributed by atoms with Gasteiger partial charge in [-0.1, -0.05) is 23.3 Å². The van der Waals surface area contributed by atoms with Crippen LogP contribution in [0.2, 0.25) is 0 Å². The largest absolute Gasteiger partial charge is 0.276 e. The number of likely N-dealkylation sites (N-methyl/N-ethyl adjacent to an activating group) is 2. The summed E-state index contributed by atoms with van der Waals surface area (Å²) in [5.74, 6) is 0. The minimum Gasteiger partial charge on any atom is -0.276 e. The van der Waals surface area contributed by atoms with Crippen molar-refractivity contribution in [1.82, 2.24) is 10.0 Å². The maximum absolute atomic E-state index is 10.8. The third-order valence-electron chi connectivity index (χ3n) is 5.38. The van der Waals surface area contributed by atoms with Crippen LogP contribution in [-0.4, -0.2) is 46.0 Å². The van der Waals surface area contributed by atoms with Gasteiger partial charge in [-0.15, -0.1) is 10.2 Å². The molecule has 0 heterocycles. The van der Waals surface area contributed by atoms with Crippen LogP contribution in [-0.2, 0) is 0 Å². The van der Waals surface area contributed by atoms with Gasteiger partial charge in [0.25, 0.3) is 11.4 Å². The molecule has 0 aliphatic heterocycles. The van der Waals surface area contributed by atoms with E-state index in [0.717, 1.165) is 25.7 Å². The Labute approximate surface area is 184 Å². The fraction of sp³-hybridized carbons (Fsp3) is 0.400. The second-order valence-corrected chi connectivity index (χ2v) is 7.49. The highest BCUT2D eigenvalue weighted by Crippen LogP contribution is 2.28. The molecule has 2 aromatic carbocycles. The van der Waals surface area contributed by atoms with Crippen molar-refractivity contribution in [2.45, 2.75) is 37.8 Å². The van der Waals surface area contributed by atoms with Crippen LogP contribution in [0.4, 0.5) is 22.7 Å². The molecule has 0 N–H and O–H groups in total. The first kappa shape index (κ1) is 22.7. The topological polar surface area (TPSA) is 142 Å². The zero-order valence-corrected chi connectivity index (χ0v) is 17.8. The quantitative estimate of drug-likeness (QED) is 0.306. The van der Waals surface area contributed by atoms with Gasteiger partial charge in [0.15, 0.2) is 0 Å². The summed E-state index contributed by atoms with van der Waals surface area (Å²) in [6.07, 6.45) is 3.95. The van der Waals surface area contributed by atoms with Gasteiger partial charge in [0.1, 0.15) is 0 Å². The van der Waals surface area contributed by atoms with Gasteiger partial charge in [0, 0.05) is 38.4 Å². The first-order chi connectivity index (χ1) is 15.3. The maximum atomic E-state index is 10.8. The smallest absolute Gasteiger partial charge is 0.269 e. The van der Waals surface area contributed by atoms with E-state index >= 15 is 0 Å². The Morgan fingerprint density at radius 1 is 0.719 bits per heavy atom. The average molecular weight is 440 g/mol. The van der Waals surface area contributed by atoms with Crippen molar-refractivity contribution in [2.75, 3.05) is 14.1 Å². The number of nitrogens with zero attached hydrogens (tertiary/aromatic N) is 8. The molecule has 0 spiro atoms. The van der Waals surface area contributed by atoms with Crippen LogP contribution in [0.1, 0.15) is 25.7 Å². The number of hydrogen-bond donors (Lipinski definition) is 0. The molecule has 0 radical (unpaired) electrons. The Balaban J connectivity index is 1.65. The van der Waals surface area contributed by atoms with E-state index in [9.17, 15) is 20.2 Å². The van der Waals surface area contributed by atoms with E-state index in [4.69, 9.17) is 0 Å². The van der Waals surface area contributed by atoms with Crippen molar-refractivity contribution in [3.63, 3.8) is 0 Å². The van der Waals surface area contributed by atoms with Crippen LogP contribution < -0.4 is 0 Å². The van der Waals surface area contributed by atoms with Gasteiger partial charge in [-0.3, -0.25) is 30.2 Å².